The number of carbonyl (C=O) groups is 2. The van der Waals surface area contributed by atoms with Crippen molar-refractivity contribution in [1.82, 2.24) is 19.8 Å². The molecule has 6 rings (SSSR count). The Morgan fingerprint density at radius 1 is 1.02 bits per heavy atom. The number of fused-ring (bicyclic) bond motifs is 1. The lowest BCUT2D eigenvalue weighted by molar-refractivity contribution is -0.109. The molecule has 0 unspecified atom stereocenters. The second kappa shape index (κ2) is 13.0. The Bertz CT molecular complexity index is 1470. The molecule has 9 nitrogen and oxygen atoms in total. The summed E-state index contributed by atoms with van der Waals surface area (Å²) in [5.74, 6) is 0.939. The van der Waals surface area contributed by atoms with Gasteiger partial charge in [-0.05, 0) is 79.9 Å². The average molecular weight is 555 g/mol. The van der Waals surface area contributed by atoms with Crippen molar-refractivity contribution < 1.29 is 14.3 Å². The molecule has 4 aromatic rings. The van der Waals surface area contributed by atoms with Gasteiger partial charge in [-0.3, -0.25) is 14.5 Å². The molecule has 0 radical (unpaired) electrons. The van der Waals surface area contributed by atoms with Crippen molar-refractivity contribution >= 4 is 40.4 Å². The van der Waals surface area contributed by atoms with E-state index < -0.39 is 0 Å². The molecular weight excluding hydrogens is 516 g/mol. The minimum atomic E-state index is -0.149. The van der Waals surface area contributed by atoms with Gasteiger partial charge in [0.15, 0.2) is 0 Å². The number of rotatable bonds is 7. The van der Waals surface area contributed by atoms with Crippen LogP contribution in [0.2, 0.25) is 0 Å². The molecule has 214 valence electrons. The third-order valence-corrected chi connectivity index (χ3v) is 8.06. The number of hydrogen-bond acceptors (Lipinski definition) is 6. The fraction of sp³-hybridized carbons (Fsp3) is 0.344. The summed E-state index contributed by atoms with van der Waals surface area (Å²) in [7, 11) is 5.63. The van der Waals surface area contributed by atoms with E-state index in [1.165, 1.54) is 16.5 Å². The minimum absolute atomic E-state index is 0.149. The lowest BCUT2D eigenvalue weighted by Gasteiger charge is -2.41. The fourth-order valence-electron chi connectivity index (χ4n) is 5.45. The summed E-state index contributed by atoms with van der Waals surface area (Å²) in [6.45, 7) is 4.01. The number of nitrogens with zero attached hydrogens (tertiary/aromatic N) is 4. The maximum atomic E-state index is 13.0. The van der Waals surface area contributed by atoms with Crippen LogP contribution in [0.4, 0.5) is 17.2 Å². The van der Waals surface area contributed by atoms with Gasteiger partial charge in [-0.15, -0.1) is 0 Å². The van der Waals surface area contributed by atoms with Crippen LogP contribution in [0.25, 0.3) is 10.9 Å². The molecular formula is C32H38N6O3. The zero-order chi connectivity index (χ0) is 28.8. The number of benzene rings is 2. The third-order valence-electron chi connectivity index (χ3n) is 8.06. The van der Waals surface area contributed by atoms with Crippen LogP contribution in [-0.2, 0) is 16.6 Å². The van der Waals surface area contributed by atoms with Crippen molar-refractivity contribution in [1.29, 1.82) is 0 Å². The SMILES string of the molecule is CN(c1ccnc(NC(=O)c2ccc(C3CCN(C4COC4)CC3)cc2)c1)c1ccc2c(ccn2C)c1.CNC=O. The van der Waals surface area contributed by atoms with Gasteiger partial charge in [0, 0.05) is 67.4 Å². The van der Waals surface area contributed by atoms with E-state index in [1.54, 1.807) is 13.2 Å². The first kappa shape index (κ1) is 28.3. The highest BCUT2D eigenvalue weighted by Gasteiger charge is 2.30. The van der Waals surface area contributed by atoms with E-state index in [2.05, 4.69) is 72.6 Å². The summed E-state index contributed by atoms with van der Waals surface area (Å²) in [4.78, 5) is 31.1. The number of aromatic nitrogens is 2. The molecule has 0 saturated carbocycles. The Hall–Kier alpha value is -4.21. The van der Waals surface area contributed by atoms with Crippen LogP contribution in [0.1, 0.15) is 34.7 Å². The maximum absolute atomic E-state index is 13.0. The first-order valence-electron chi connectivity index (χ1n) is 14.1. The lowest BCUT2D eigenvalue weighted by Crippen LogP contribution is -2.51. The Kier molecular flexibility index (Phi) is 8.96. The molecule has 0 spiro atoms. The van der Waals surface area contributed by atoms with Crippen molar-refractivity contribution in [2.45, 2.75) is 24.8 Å². The number of nitrogens with one attached hydrogen (secondary N) is 2. The van der Waals surface area contributed by atoms with Gasteiger partial charge in [-0.25, -0.2) is 4.98 Å². The molecule has 0 aliphatic carbocycles. The Morgan fingerprint density at radius 2 is 1.73 bits per heavy atom. The average Bonchev–Trinajstić information content (AvgIpc) is 3.36. The van der Waals surface area contributed by atoms with Crippen molar-refractivity contribution in [3.8, 4) is 0 Å². The van der Waals surface area contributed by atoms with E-state index in [0.717, 1.165) is 50.5 Å². The predicted octanol–water partition coefficient (Wildman–Crippen LogP) is 4.53. The van der Waals surface area contributed by atoms with Crippen molar-refractivity contribution in [3.05, 3.63) is 84.2 Å². The molecule has 0 atom stereocenters. The lowest BCUT2D eigenvalue weighted by atomic mass is 9.88. The molecule has 4 heterocycles. The summed E-state index contributed by atoms with van der Waals surface area (Å²) in [6, 6.07) is 21.1. The van der Waals surface area contributed by atoms with Gasteiger partial charge < -0.3 is 24.8 Å². The van der Waals surface area contributed by atoms with Crippen LogP contribution in [0.15, 0.2) is 73.1 Å². The summed E-state index contributed by atoms with van der Waals surface area (Å²) < 4.78 is 7.46. The van der Waals surface area contributed by atoms with E-state index >= 15 is 0 Å². The van der Waals surface area contributed by atoms with Crippen LogP contribution < -0.4 is 15.5 Å². The number of ether oxygens (including phenoxy) is 1. The van der Waals surface area contributed by atoms with Crippen LogP contribution in [0, 0.1) is 0 Å². The van der Waals surface area contributed by atoms with Crippen LogP contribution in [0.3, 0.4) is 0 Å². The van der Waals surface area contributed by atoms with Gasteiger partial charge in [0.05, 0.1) is 19.3 Å². The number of likely N-dealkylation sites (tertiary alicyclic amines) is 1. The molecule has 2 N–H and O–H groups in total. The largest absolute Gasteiger partial charge is 0.378 e. The first-order chi connectivity index (χ1) is 20.0. The van der Waals surface area contributed by atoms with E-state index in [4.69, 9.17) is 9.53 Å². The molecule has 2 aromatic carbocycles. The topological polar surface area (TPSA) is 91.7 Å². The third kappa shape index (κ3) is 6.58. The summed E-state index contributed by atoms with van der Waals surface area (Å²) in [6.07, 6.45) is 6.73. The maximum Gasteiger partial charge on any atom is 0.256 e. The van der Waals surface area contributed by atoms with E-state index in [-0.39, 0.29) is 5.91 Å². The van der Waals surface area contributed by atoms with Crippen LogP contribution in [-0.4, -0.2) is 73.2 Å². The highest BCUT2D eigenvalue weighted by Crippen LogP contribution is 2.31. The smallest absolute Gasteiger partial charge is 0.256 e. The first-order valence-corrected chi connectivity index (χ1v) is 14.1. The van der Waals surface area contributed by atoms with Crippen molar-refractivity contribution in [2.75, 3.05) is 50.6 Å². The van der Waals surface area contributed by atoms with Crippen molar-refractivity contribution in [3.63, 3.8) is 0 Å². The molecule has 2 saturated heterocycles. The van der Waals surface area contributed by atoms with E-state index in [9.17, 15) is 4.79 Å². The van der Waals surface area contributed by atoms with Crippen LogP contribution in [0.5, 0.6) is 0 Å². The van der Waals surface area contributed by atoms with Gasteiger partial charge in [-0.2, -0.15) is 0 Å². The summed E-state index contributed by atoms with van der Waals surface area (Å²) in [5.41, 5.74) is 5.18. The highest BCUT2D eigenvalue weighted by atomic mass is 16.5. The fourth-order valence-corrected chi connectivity index (χ4v) is 5.45. The van der Waals surface area contributed by atoms with Crippen LogP contribution >= 0.6 is 0 Å². The minimum Gasteiger partial charge on any atom is -0.378 e. The predicted molar refractivity (Wildman–Crippen MR) is 163 cm³/mol. The van der Waals surface area contributed by atoms with Gasteiger partial charge in [0.25, 0.3) is 5.91 Å². The standard InChI is InChI=1S/C30H33N5O2.C2H5NO/c1-33-14-10-24-17-25(7-8-28(24)33)34(2)26-9-13-31-29(18-26)32-30(36)23-5-3-21(4-6-23)22-11-15-35(16-12-22)27-19-37-20-27;1-3-2-4/h3-10,13-14,17-18,22,27H,11-12,15-16,19-20H2,1-2H3,(H,31,32,36);2H,1H3,(H,3,4). The normalized spacial score (nSPS) is 15.9. The van der Waals surface area contributed by atoms with E-state index in [0.29, 0.717) is 29.8 Å². The van der Waals surface area contributed by atoms with Gasteiger partial charge >= 0.3 is 0 Å². The molecule has 0 bridgehead atoms. The molecule has 41 heavy (non-hydrogen) atoms. The number of hydrogen-bond donors (Lipinski definition) is 2. The highest BCUT2D eigenvalue weighted by molar-refractivity contribution is 6.04. The summed E-state index contributed by atoms with van der Waals surface area (Å²) in [5, 5.41) is 6.41. The zero-order valence-corrected chi connectivity index (χ0v) is 23.9. The Labute approximate surface area is 241 Å². The number of pyridine rings is 1. The molecule has 2 aliphatic rings. The van der Waals surface area contributed by atoms with Crippen molar-refractivity contribution in [2.24, 2.45) is 7.05 Å². The molecule has 2 aromatic heterocycles. The number of carbonyl (C=O) groups excluding carboxylic acids is 2. The number of amides is 2. The number of aryl methyl sites for hydroxylation is 1. The number of piperidine rings is 1. The van der Waals surface area contributed by atoms with Gasteiger partial charge in [0.1, 0.15) is 5.82 Å². The second-order valence-electron chi connectivity index (χ2n) is 10.6. The molecule has 2 aliphatic heterocycles. The Balaban J connectivity index is 0.000000794. The van der Waals surface area contributed by atoms with Gasteiger partial charge in [-0.1, -0.05) is 12.1 Å². The Morgan fingerprint density at radius 3 is 2.39 bits per heavy atom. The zero-order valence-electron chi connectivity index (χ0n) is 23.9. The molecule has 2 fully saturated rings. The molecule has 2 amide bonds. The second-order valence-corrected chi connectivity index (χ2v) is 10.6. The molecule has 9 heteroatoms. The van der Waals surface area contributed by atoms with E-state index in [1.807, 2.05) is 38.4 Å². The number of anilines is 3. The van der Waals surface area contributed by atoms with Gasteiger partial charge in [0.2, 0.25) is 6.41 Å². The summed E-state index contributed by atoms with van der Waals surface area (Å²) >= 11 is 0. The quantitative estimate of drug-likeness (QED) is 0.326. The monoisotopic (exact) mass is 554 g/mol.